The topological polar surface area (TPSA) is 92.7 Å². The predicted octanol–water partition coefficient (Wildman–Crippen LogP) is 0.708. The molecule has 0 spiro atoms. The van der Waals surface area contributed by atoms with E-state index < -0.39 is 22.0 Å². The molecule has 0 saturated heterocycles. The third-order valence-corrected chi connectivity index (χ3v) is 3.57. The fourth-order valence-corrected chi connectivity index (χ4v) is 2.21. The Bertz CT molecular complexity index is 515. The van der Waals surface area contributed by atoms with Gasteiger partial charge in [0.2, 0.25) is 0 Å². The summed E-state index contributed by atoms with van der Waals surface area (Å²) < 4.78 is 27.0. The van der Waals surface area contributed by atoms with E-state index in [1.54, 1.807) is 0 Å². The van der Waals surface area contributed by atoms with Crippen LogP contribution in [-0.4, -0.2) is 44.3 Å². The molecule has 1 unspecified atom stereocenters. The smallest absolute Gasteiger partial charge is 0.407 e. The summed E-state index contributed by atoms with van der Waals surface area (Å²) in [6.07, 6.45) is 0.576. The highest BCUT2D eigenvalue weighted by atomic mass is 32.2. The van der Waals surface area contributed by atoms with E-state index in [9.17, 15) is 13.2 Å². The molecule has 0 bridgehead atoms. The maximum absolute atomic E-state index is 11.5. The molecular weight excluding hydrogens is 282 g/mol. The molecule has 1 rings (SSSR count). The van der Waals surface area contributed by atoms with Gasteiger partial charge in [0, 0.05) is 6.26 Å². The number of nitrogens with one attached hydrogen (secondary N) is 1. The second-order valence-electron chi connectivity index (χ2n) is 4.50. The van der Waals surface area contributed by atoms with Gasteiger partial charge in [-0.2, -0.15) is 0 Å². The van der Waals surface area contributed by atoms with Gasteiger partial charge in [-0.1, -0.05) is 30.3 Å². The molecule has 7 heteroatoms. The normalized spacial score (nSPS) is 12.7. The van der Waals surface area contributed by atoms with Gasteiger partial charge < -0.3 is 15.2 Å². The van der Waals surface area contributed by atoms with Crippen LogP contribution in [0.4, 0.5) is 4.79 Å². The minimum Gasteiger partial charge on any atom is -0.445 e. The molecule has 0 heterocycles. The van der Waals surface area contributed by atoms with Gasteiger partial charge in [0.05, 0.1) is 18.4 Å². The number of sulfone groups is 1. The molecule has 1 atom stereocenters. The Labute approximate surface area is 118 Å². The average Bonchev–Trinajstić information content (AvgIpc) is 2.41. The Kier molecular flexibility index (Phi) is 6.47. The molecule has 6 nitrogen and oxygen atoms in total. The highest BCUT2D eigenvalue weighted by Crippen LogP contribution is 2.02. The molecule has 0 radical (unpaired) electrons. The van der Waals surface area contributed by atoms with Crippen molar-refractivity contribution in [3.8, 4) is 0 Å². The fraction of sp³-hybridized carbons (Fsp3) is 0.462. The summed E-state index contributed by atoms with van der Waals surface area (Å²) in [6, 6.07) is 8.53. The van der Waals surface area contributed by atoms with Gasteiger partial charge in [0.1, 0.15) is 16.4 Å². The van der Waals surface area contributed by atoms with Crippen molar-refractivity contribution in [2.75, 3.05) is 18.6 Å². The molecule has 0 aliphatic heterocycles. The Morgan fingerprint density at radius 1 is 1.35 bits per heavy atom. The lowest BCUT2D eigenvalue weighted by Crippen LogP contribution is -2.39. The summed E-state index contributed by atoms with van der Waals surface area (Å²) >= 11 is 0. The van der Waals surface area contributed by atoms with E-state index in [0.29, 0.717) is 0 Å². The number of aliphatic hydroxyl groups excluding tert-OH is 1. The van der Waals surface area contributed by atoms with E-state index >= 15 is 0 Å². The van der Waals surface area contributed by atoms with Crippen molar-refractivity contribution in [1.82, 2.24) is 5.32 Å². The van der Waals surface area contributed by atoms with E-state index in [4.69, 9.17) is 9.84 Å². The number of hydrogen-bond donors (Lipinski definition) is 2. The molecule has 0 saturated carbocycles. The molecule has 20 heavy (non-hydrogen) atoms. The van der Waals surface area contributed by atoms with Crippen LogP contribution in [-0.2, 0) is 21.2 Å². The zero-order valence-corrected chi connectivity index (χ0v) is 12.1. The Hall–Kier alpha value is -1.60. The van der Waals surface area contributed by atoms with Crippen LogP contribution >= 0.6 is 0 Å². The van der Waals surface area contributed by atoms with Crippen LogP contribution in [0, 0.1) is 0 Å². The van der Waals surface area contributed by atoms with Gasteiger partial charge in [-0.3, -0.25) is 0 Å². The standard InChI is InChI=1S/C13H19NO5S/c1-20(17,18)8-7-12(9-15)14-13(16)19-10-11-5-3-2-4-6-11/h2-6,12,15H,7-10H2,1H3,(H,14,16). The van der Waals surface area contributed by atoms with Gasteiger partial charge in [0.15, 0.2) is 0 Å². The molecule has 1 aromatic carbocycles. The Balaban J connectivity index is 2.36. The summed E-state index contributed by atoms with van der Waals surface area (Å²) in [5.41, 5.74) is 0.847. The van der Waals surface area contributed by atoms with Crippen LogP contribution in [0.25, 0.3) is 0 Å². The minimum absolute atomic E-state index is 0.100. The fourth-order valence-electron chi connectivity index (χ4n) is 1.50. The van der Waals surface area contributed by atoms with Crippen LogP contribution in [0.1, 0.15) is 12.0 Å². The number of rotatable bonds is 7. The third kappa shape index (κ3) is 7.10. The van der Waals surface area contributed by atoms with Crippen molar-refractivity contribution in [2.45, 2.75) is 19.1 Å². The lowest BCUT2D eigenvalue weighted by atomic mass is 10.2. The summed E-state index contributed by atoms with van der Waals surface area (Å²) in [6.45, 7) is -0.215. The molecule has 0 fully saturated rings. The third-order valence-electron chi connectivity index (χ3n) is 2.59. The van der Waals surface area contributed by atoms with Crippen molar-refractivity contribution in [2.24, 2.45) is 0 Å². The molecular formula is C13H19NO5S. The lowest BCUT2D eigenvalue weighted by molar-refractivity contribution is 0.129. The highest BCUT2D eigenvalue weighted by molar-refractivity contribution is 7.90. The number of alkyl carbamates (subject to hydrolysis) is 1. The number of carbonyl (C=O) groups excluding carboxylic acids is 1. The zero-order valence-electron chi connectivity index (χ0n) is 11.3. The number of benzene rings is 1. The summed E-state index contributed by atoms with van der Waals surface area (Å²) in [4.78, 5) is 11.5. The van der Waals surface area contributed by atoms with Crippen molar-refractivity contribution in [3.63, 3.8) is 0 Å². The first-order valence-corrected chi connectivity index (χ1v) is 8.22. The molecule has 112 valence electrons. The van der Waals surface area contributed by atoms with Gasteiger partial charge >= 0.3 is 6.09 Å². The van der Waals surface area contributed by atoms with Crippen LogP contribution in [0.2, 0.25) is 0 Å². The highest BCUT2D eigenvalue weighted by Gasteiger charge is 2.14. The summed E-state index contributed by atoms with van der Waals surface area (Å²) in [5.74, 6) is -0.100. The summed E-state index contributed by atoms with van der Waals surface area (Å²) in [7, 11) is -3.12. The first-order chi connectivity index (χ1) is 9.40. The molecule has 0 aliphatic rings. The van der Waals surface area contributed by atoms with E-state index in [-0.39, 0.29) is 25.4 Å². The Morgan fingerprint density at radius 3 is 2.55 bits per heavy atom. The Morgan fingerprint density at radius 2 is 2.00 bits per heavy atom. The van der Waals surface area contributed by atoms with Crippen molar-refractivity contribution >= 4 is 15.9 Å². The molecule has 0 aliphatic carbocycles. The number of ether oxygens (including phenoxy) is 1. The number of amides is 1. The van der Waals surface area contributed by atoms with Crippen LogP contribution < -0.4 is 5.32 Å². The number of carbonyl (C=O) groups is 1. The van der Waals surface area contributed by atoms with Crippen LogP contribution in [0.15, 0.2) is 30.3 Å². The lowest BCUT2D eigenvalue weighted by Gasteiger charge is -2.15. The first kappa shape index (κ1) is 16.5. The van der Waals surface area contributed by atoms with E-state index in [2.05, 4.69) is 5.32 Å². The van der Waals surface area contributed by atoms with E-state index in [1.807, 2.05) is 30.3 Å². The van der Waals surface area contributed by atoms with E-state index in [0.717, 1.165) is 11.8 Å². The second-order valence-corrected chi connectivity index (χ2v) is 6.76. The second kappa shape index (κ2) is 7.86. The largest absolute Gasteiger partial charge is 0.445 e. The SMILES string of the molecule is CS(=O)(=O)CCC(CO)NC(=O)OCc1ccccc1. The molecule has 1 amide bonds. The minimum atomic E-state index is -3.12. The summed E-state index contributed by atoms with van der Waals surface area (Å²) in [5, 5.41) is 11.5. The van der Waals surface area contributed by atoms with Gasteiger partial charge in [-0.25, -0.2) is 13.2 Å². The maximum atomic E-state index is 11.5. The van der Waals surface area contributed by atoms with Gasteiger partial charge in [-0.05, 0) is 12.0 Å². The molecule has 1 aromatic rings. The van der Waals surface area contributed by atoms with Crippen molar-refractivity contribution in [1.29, 1.82) is 0 Å². The van der Waals surface area contributed by atoms with Crippen molar-refractivity contribution < 1.29 is 23.1 Å². The van der Waals surface area contributed by atoms with Gasteiger partial charge in [0.25, 0.3) is 0 Å². The number of aliphatic hydroxyl groups is 1. The van der Waals surface area contributed by atoms with Crippen LogP contribution in [0.5, 0.6) is 0 Å². The van der Waals surface area contributed by atoms with Gasteiger partial charge in [-0.15, -0.1) is 0 Å². The first-order valence-electron chi connectivity index (χ1n) is 6.16. The quantitative estimate of drug-likeness (QED) is 0.773. The van der Waals surface area contributed by atoms with Crippen LogP contribution in [0.3, 0.4) is 0 Å². The van der Waals surface area contributed by atoms with Crippen molar-refractivity contribution in [3.05, 3.63) is 35.9 Å². The molecule has 2 N–H and O–H groups in total. The maximum Gasteiger partial charge on any atom is 0.407 e. The average molecular weight is 301 g/mol. The predicted molar refractivity (Wildman–Crippen MR) is 75.0 cm³/mol. The van der Waals surface area contributed by atoms with E-state index in [1.165, 1.54) is 0 Å². The zero-order chi connectivity index (χ0) is 15.0. The number of hydrogen-bond acceptors (Lipinski definition) is 5. The monoisotopic (exact) mass is 301 g/mol. The molecule has 0 aromatic heterocycles.